The van der Waals surface area contributed by atoms with Crippen molar-refractivity contribution < 1.29 is 23.7 Å². The van der Waals surface area contributed by atoms with E-state index in [1.54, 1.807) is 30.2 Å². The summed E-state index contributed by atoms with van der Waals surface area (Å²) in [5.74, 6) is -0.150. The van der Waals surface area contributed by atoms with Crippen LogP contribution < -0.4 is 4.74 Å². The lowest BCUT2D eigenvalue weighted by Crippen LogP contribution is -2.20. The molecule has 1 aromatic heterocycles. The number of fused-ring (bicyclic) bond motifs is 1. The Bertz CT molecular complexity index is 488. The van der Waals surface area contributed by atoms with Gasteiger partial charge in [-0.3, -0.25) is 4.79 Å². The third kappa shape index (κ3) is 4.62. The van der Waals surface area contributed by atoms with E-state index in [0.717, 1.165) is 21.3 Å². The van der Waals surface area contributed by atoms with E-state index in [9.17, 15) is 4.79 Å². The van der Waals surface area contributed by atoms with Gasteiger partial charge in [0.25, 0.3) is 0 Å². The van der Waals surface area contributed by atoms with Crippen molar-refractivity contribution >= 4 is 29.1 Å². The highest BCUT2D eigenvalue weighted by Gasteiger charge is 2.31. The zero-order valence-corrected chi connectivity index (χ0v) is 14.8. The molecule has 2 heterocycles. The van der Waals surface area contributed by atoms with Crippen LogP contribution in [0.15, 0.2) is 10.3 Å². The minimum Gasteiger partial charge on any atom is -0.466 e. The first-order chi connectivity index (χ1) is 10.7. The van der Waals surface area contributed by atoms with Crippen molar-refractivity contribution in [2.45, 2.75) is 42.3 Å². The van der Waals surface area contributed by atoms with E-state index in [4.69, 9.17) is 18.9 Å². The summed E-state index contributed by atoms with van der Waals surface area (Å²) in [4.78, 5) is 11.7. The monoisotopic (exact) mass is 346 g/mol. The number of carbonyl (C=O) groups is 1. The summed E-state index contributed by atoms with van der Waals surface area (Å²) < 4.78 is 22.6. The topological polar surface area (TPSA) is 54.0 Å². The van der Waals surface area contributed by atoms with E-state index in [0.29, 0.717) is 19.6 Å². The molecular weight excluding hydrogens is 324 g/mol. The molecule has 0 bridgehead atoms. The lowest BCUT2D eigenvalue weighted by atomic mass is 10.1. The molecule has 0 radical (unpaired) electrons. The van der Waals surface area contributed by atoms with Crippen LogP contribution in [-0.2, 0) is 19.0 Å². The van der Waals surface area contributed by atoms with Crippen LogP contribution in [0.4, 0.5) is 0 Å². The molecule has 0 aromatic carbocycles. The lowest BCUT2D eigenvalue weighted by molar-refractivity contribution is -0.143. The number of carbonyl (C=O) groups excluding carboxylic acids is 1. The first-order valence-corrected chi connectivity index (χ1v) is 9.06. The Morgan fingerprint density at radius 3 is 2.86 bits per heavy atom. The summed E-state index contributed by atoms with van der Waals surface area (Å²) >= 11 is 3.28. The fraction of sp³-hybridized carbons (Fsp3) is 0.667. The van der Waals surface area contributed by atoms with Crippen molar-refractivity contribution in [2.24, 2.45) is 0 Å². The van der Waals surface area contributed by atoms with Gasteiger partial charge in [-0.25, -0.2) is 0 Å². The molecule has 1 aliphatic rings. The van der Waals surface area contributed by atoms with Crippen LogP contribution in [0.5, 0.6) is 5.06 Å². The standard InChI is InChI=1S/C15H22O5S2/c1-4-18-9-20-14-8-11-12(17-3)6-10(21-15(11)22-14)7-13(16)19-5-2/h8,10,12H,4-7,9H2,1-3H3. The van der Waals surface area contributed by atoms with Gasteiger partial charge in [0.2, 0.25) is 0 Å². The van der Waals surface area contributed by atoms with E-state index < -0.39 is 0 Å². The number of esters is 1. The van der Waals surface area contributed by atoms with Gasteiger partial charge in [-0.1, -0.05) is 11.3 Å². The minimum absolute atomic E-state index is 0.00336. The maximum atomic E-state index is 11.7. The number of ether oxygens (including phenoxy) is 4. The molecule has 0 N–H and O–H groups in total. The Kier molecular flexibility index (Phi) is 7.01. The van der Waals surface area contributed by atoms with Crippen molar-refractivity contribution in [1.29, 1.82) is 0 Å². The van der Waals surface area contributed by atoms with E-state index in [-0.39, 0.29) is 24.1 Å². The Labute approximate surface area is 139 Å². The molecule has 7 heteroatoms. The molecule has 22 heavy (non-hydrogen) atoms. The van der Waals surface area contributed by atoms with Gasteiger partial charge in [0.15, 0.2) is 11.9 Å². The second-order valence-electron chi connectivity index (χ2n) is 4.77. The van der Waals surface area contributed by atoms with Crippen LogP contribution in [-0.4, -0.2) is 38.3 Å². The summed E-state index contributed by atoms with van der Waals surface area (Å²) in [6, 6.07) is 2.01. The minimum atomic E-state index is -0.150. The van der Waals surface area contributed by atoms with Gasteiger partial charge >= 0.3 is 5.97 Å². The summed E-state index contributed by atoms with van der Waals surface area (Å²) in [7, 11) is 1.70. The Morgan fingerprint density at radius 1 is 1.36 bits per heavy atom. The first kappa shape index (κ1) is 17.6. The van der Waals surface area contributed by atoms with Gasteiger partial charge in [-0.15, -0.1) is 11.8 Å². The quantitative estimate of drug-likeness (QED) is 0.407. The summed E-state index contributed by atoms with van der Waals surface area (Å²) in [6.07, 6.45) is 1.20. The fourth-order valence-electron chi connectivity index (χ4n) is 2.26. The summed E-state index contributed by atoms with van der Waals surface area (Å²) in [6.45, 7) is 5.05. The van der Waals surface area contributed by atoms with Crippen molar-refractivity contribution in [3.8, 4) is 5.06 Å². The van der Waals surface area contributed by atoms with Crippen molar-refractivity contribution in [1.82, 2.24) is 0 Å². The smallest absolute Gasteiger partial charge is 0.306 e. The number of thiophene rings is 1. The van der Waals surface area contributed by atoms with E-state index in [1.165, 1.54) is 0 Å². The Morgan fingerprint density at radius 2 is 2.18 bits per heavy atom. The van der Waals surface area contributed by atoms with E-state index in [2.05, 4.69) is 0 Å². The van der Waals surface area contributed by atoms with E-state index >= 15 is 0 Å². The van der Waals surface area contributed by atoms with Gasteiger partial charge in [-0.05, 0) is 26.3 Å². The summed E-state index contributed by atoms with van der Waals surface area (Å²) in [5, 5.41) is 1.000. The Hall–Kier alpha value is -0.760. The van der Waals surface area contributed by atoms with Gasteiger partial charge in [0.1, 0.15) is 0 Å². The zero-order chi connectivity index (χ0) is 15.9. The normalized spacial score (nSPS) is 20.5. The third-order valence-electron chi connectivity index (χ3n) is 3.27. The average molecular weight is 346 g/mol. The number of hydrogen-bond acceptors (Lipinski definition) is 7. The third-order valence-corrected chi connectivity index (χ3v) is 5.81. The van der Waals surface area contributed by atoms with Crippen LogP contribution >= 0.6 is 23.1 Å². The maximum absolute atomic E-state index is 11.7. The second kappa shape index (κ2) is 8.76. The zero-order valence-electron chi connectivity index (χ0n) is 13.1. The summed E-state index contributed by atoms with van der Waals surface area (Å²) in [5.41, 5.74) is 1.14. The fourth-order valence-corrected chi connectivity index (χ4v) is 5.01. The van der Waals surface area contributed by atoms with Crippen LogP contribution in [0.25, 0.3) is 0 Å². The maximum Gasteiger partial charge on any atom is 0.306 e. The highest BCUT2D eigenvalue weighted by molar-refractivity contribution is 8.01. The molecule has 1 aliphatic heterocycles. The molecule has 2 rings (SSSR count). The van der Waals surface area contributed by atoms with Gasteiger partial charge in [0, 0.05) is 24.5 Å². The number of thioether (sulfide) groups is 1. The van der Waals surface area contributed by atoms with Crippen LogP contribution in [0.1, 0.15) is 38.4 Å². The highest BCUT2D eigenvalue weighted by Crippen LogP contribution is 2.49. The predicted molar refractivity (Wildman–Crippen MR) is 86.7 cm³/mol. The molecule has 0 saturated carbocycles. The Balaban J connectivity index is 2.02. The van der Waals surface area contributed by atoms with Gasteiger partial charge < -0.3 is 18.9 Å². The average Bonchev–Trinajstić information content (AvgIpc) is 2.89. The molecule has 2 unspecified atom stereocenters. The van der Waals surface area contributed by atoms with Crippen molar-refractivity contribution in [2.75, 3.05) is 27.1 Å². The van der Waals surface area contributed by atoms with Crippen LogP contribution in [0, 0.1) is 0 Å². The highest BCUT2D eigenvalue weighted by atomic mass is 32.2. The number of rotatable bonds is 8. The molecule has 1 aromatic rings. The largest absolute Gasteiger partial charge is 0.466 e. The predicted octanol–water partition coefficient (Wildman–Crippen LogP) is 3.63. The molecule has 0 amide bonds. The number of hydrogen-bond donors (Lipinski definition) is 0. The molecule has 0 spiro atoms. The van der Waals surface area contributed by atoms with Crippen LogP contribution in [0.3, 0.4) is 0 Å². The SMILES string of the molecule is CCOCOc1cc2c(s1)SC(CC(=O)OCC)CC2OC. The molecule has 0 fully saturated rings. The molecule has 0 saturated heterocycles. The van der Waals surface area contributed by atoms with Crippen molar-refractivity contribution in [3.05, 3.63) is 11.6 Å². The van der Waals surface area contributed by atoms with Crippen LogP contribution in [0.2, 0.25) is 0 Å². The molecule has 124 valence electrons. The lowest BCUT2D eigenvalue weighted by Gasteiger charge is -2.27. The molecule has 5 nitrogen and oxygen atoms in total. The first-order valence-electron chi connectivity index (χ1n) is 7.37. The van der Waals surface area contributed by atoms with Gasteiger partial charge in [-0.2, -0.15) is 0 Å². The second-order valence-corrected chi connectivity index (χ2v) is 7.36. The van der Waals surface area contributed by atoms with E-state index in [1.807, 2.05) is 19.9 Å². The van der Waals surface area contributed by atoms with Crippen molar-refractivity contribution in [3.63, 3.8) is 0 Å². The molecule has 0 aliphatic carbocycles. The molecular formula is C15H22O5S2. The molecule has 2 atom stereocenters. The van der Waals surface area contributed by atoms with Gasteiger partial charge in [0.05, 0.1) is 23.3 Å². The number of methoxy groups -OCH3 is 1.